The zero-order chi connectivity index (χ0) is 31.5. The first kappa shape index (κ1) is 32.7. The summed E-state index contributed by atoms with van der Waals surface area (Å²) in [6.45, 7) is 12.1. The predicted octanol–water partition coefficient (Wildman–Crippen LogP) is 6.51. The van der Waals surface area contributed by atoms with Crippen molar-refractivity contribution in [3.8, 4) is 11.5 Å². The summed E-state index contributed by atoms with van der Waals surface area (Å²) >= 11 is 3.32. The van der Waals surface area contributed by atoms with Gasteiger partial charge in [-0.2, -0.15) is 13.5 Å². The molecule has 3 aromatic carbocycles. The van der Waals surface area contributed by atoms with Crippen molar-refractivity contribution in [2.45, 2.75) is 70.1 Å². The number of phenols is 1. The van der Waals surface area contributed by atoms with Crippen molar-refractivity contribution in [2.24, 2.45) is 5.10 Å². The van der Waals surface area contributed by atoms with Crippen LogP contribution in [-0.2, 0) is 32.2 Å². The third kappa shape index (κ3) is 8.39. The molecule has 12 heteroatoms. The lowest BCUT2D eigenvalue weighted by atomic mass is 9.78. The lowest BCUT2D eigenvalue weighted by Gasteiger charge is -2.28. The zero-order valence-corrected chi connectivity index (χ0v) is 26.7. The number of nitrogens with one attached hydrogen (secondary N) is 1. The average molecular weight is 661 g/mol. The molecular formula is C30H34BrN3O7S. The van der Waals surface area contributed by atoms with Crippen LogP contribution in [0.3, 0.4) is 0 Å². The number of aromatic hydroxyl groups is 1. The van der Waals surface area contributed by atoms with Crippen LogP contribution in [0, 0.1) is 10.1 Å². The number of phenolic OH excluding ortho intramolecular Hbond substituents is 1. The second-order valence-corrected chi connectivity index (χ2v) is 14.3. The lowest BCUT2D eigenvalue weighted by molar-refractivity contribution is -0.384. The highest BCUT2D eigenvalue weighted by atomic mass is 79.9. The highest BCUT2D eigenvalue weighted by Gasteiger charge is 2.26. The Morgan fingerprint density at radius 2 is 1.60 bits per heavy atom. The van der Waals surface area contributed by atoms with Gasteiger partial charge in [-0.25, -0.2) is 5.43 Å². The summed E-state index contributed by atoms with van der Waals surface area (Å²) in [6, 6.07) is 12.7. The lowest BCUT2D eigenvalue weighted by Crippen LogP contribution is -2.20. The van der Waals surface area contributed by atoms with Crippen LogP contribution >= 0.6 is 15.9 Å². The number of hydrogen-bond acceptors (Lipinski definition) is 8. The summed E-state index contributed by atoms with van der Waals surface area (Å²) in [5, 5.41) is 25.8. The van der Waals surface area contributed by atoms with Gasteiger partial charge in [0.15, 0.2) is 5.75 Å². The maximum atomic E-state index is 12.8. The van der Waals surface area contributed by atoms with Crippen LogP contribution in [0.15, 0.2) is 69.1 Å². The predicted molar refractivity (Wildman–Crippen MR) is 165 cm³/mol. The molecule has 0 aliphatic rings. The van der Waals surface area contributed by atoms with Gasteiger partial charge in [0.25, 0.3) is 5.69 Å². The van der Waals surface area contributed by atoms with Gasteiger partial charge in [-0.1, -0.05) is 69.6 Å². The van der Waals surface area contributed by atoms with Crippen molar-refractivity contribution >= 4 is 43.9 Å². The molecule has 0 unspecified atom stereocenters. The van der Waals surface area contributed by atoms with Crippen molar-refractivity contribution in [2.75, 3.05) is 0 Å². The maximum absolute atomic E-state index is 12.8. The minimum Gasteiger partial charge on any atom is -0.507 e. The summed E-state index contributed by atoms with van der Waals surface area (Å²) in [5.74, 6) is -0.136. The van der Waals surface area contributed by atoms with E-state index in [-0.39, 0.29) is 50.8 Å². The van der Waals surface area contributed by atoms with Crippen LogP contribution in [0.5, 0.6) is 11.5 Å². The van der Waals surface area contributed by atoms with Gasteiger partial charge in [0.2, 0.25) is 5.91 Å². The Morgan fingerprint density at radius 3 is 2.12 bits per heavy atom. The molecule has 0 aliphatic heterocycles. The van der Waals surface area contributed by atoms with E-state index in [0.29, 0.717) is 10.9 Å². The van der Waals surface area contributed by atoms with Crippen LogP contribution in [0.4, 0.5) is 5.69 Å². The van der Waals surface area contributed by atoms with E-state index in [4.69, 9.17) is 4.18 Å². The number of nitrogens with zero attached hydrogens (tertiary/aromatic N) is 2. The van der Waals surface area contributed by atoms with Crippen LogP contribution in [0.2, 0.25) is 0 Å². The van der Waals surface area contributed by atoms with Gasteiger partial charge < -0.3 is 9.29 Å². The average Bonchev–Trinajstić information content (AvgIpc) is 2.88. The molecule has 3 aromatic rings. The molecule has 3 rings (SSSR count). The number of aryl methyl sites for hydroxylation is 1. The number of carbonyl (C=O) groups excluding carboxylic acids is 1. The Kier molecular flexibility index (Phi) is 9.84. The van der Waals surface area contributed by atoms with E-state index in [0.717, 1.165) is 41.0 Å². The first-order chi connectivity index (χ1) is 19.4. The largest absolute Gasteiger partial charge is 0.507 e. The molecule has 0 saturated heterocycles. The minimum atomic E-state index is -4.31. The number of halogens is 1. The molecule has 0 heterocycles. The molecule has 0 aromatic heterocycles. The molecule has 0 aliphatic carbocycles. The molecule has 0 radical (unpaired) electrons. The summed E-state index contributed by atoms with van der Waals surface area (Å²) < 4.78 is 31.5. The first-order valence-corrected chi connectivity index (χ1v) is 15.3. The molecule has 0 saturated carbocycles. The number of non-ortho nitro benzene ring substituents is 1. The number of benzene rings is 3. The topological polar surface area (TPSA) is 148 Å². The third-order valence-electron chi connectivity index (χ3n) is 6.33. The normalized spacial score (nSPS) is 12.4. The molecule has 10 nitrogen and oxygen atoms in total. The van der Waals surface area contributed by atoms with Gasteiger partial charge in [0.05, 0.1) is 11.1 Å². The number of rotatable bonds is 9. The quantitative estimate of drug-likeness (QED) is 0.115. The fourth-order valence-electron chi connectivity index (χ4n) is 4.07. The van der Waals surface area contributed by atoms with Gasteiger partial charge >= 0.3 is 10.1 Å². The Labute approximate surface area is 254 Å². The SMILES string of the molecule is CC(C)(C)c1cc(CCC(=O)N/N=C\c2cc(Br)ccc2OS(=O)(=O)c2ccc([N+](=O)[O-])cc2)cc(C(C)(C)C)c1O. The summed E-state index contributed by atoms with van der Waals surface area (Å²) in [6.07, 6.45) is 1.82. The van der Waals surface area contributed by atoms with Gasteiger partial charge in [-0.05, 0) is 64.3 Å². The van der Waals surface area contributed by atoms with Gasteiger partial charge in [-0.15, -0.1) is 0 Å². The molecule has 2 N–H and O–H groups in total. The van der Waals surface area contributed by atoms with Crippen molar-refractivity contribution < 1.29 is 27.4 Å². The molecule has 0 spiro atoms. The van der Waals surface area contributed by atoms with Crippen LogP contribution in [0.1, 0.15) is 70.2 Å². The third-order valence-corrected chi connectivity index (χ3v) is 8.07. The standard InChI is InChI=1S/C30H34BrN3O7S/c1-29(2,3)24-15-19(16-25(28(24)36)30(4,5)6)7-14-27(35)33-32-18-20-17-21(31)8-13-26(20)41-42(39,40)23-11-9-22(10-12-23)34(37)38/h8-13,15-18,36H,7,14H2,1-6H3,(H,33,35)/b32-18-. The Morgan fingerprint density at radius 1 is 1.02 bits per heavy atom. The number of nitro benzene ring substituents is 1. The zero-order valence-electron chi connectivity index (χ0n) is 24.3. The van der Waals surface area contributed by atoms with E-state index in [1.807, 2.05) is 53.7 Å². The number of nitro groups is 1. The van der Waals surface area contributed by atoms with Gasteiger partial charge in [-0.3, -0.25) is 14.9 Å². The van der Waals surface area contributed by atoms with Gasteiger partial charge in [0, 0.05) is 28.6 Å². The van der Waals surface area contributed by atoms with Crippen LogP contribution in [-0.4, -0.2) is 30.6 Å². The van der Waals surface area contributed by atoms with E-state index in [1.165, 1.54) is 12.3 Å². The van der Waals surface area contributed by atoms with Crippen molar-refractivity contribution in [1.29, 1.82) is 0 Å². The molecule has 0 atom stereocenters. The van der Waals surface area contributed by atoms with E-state index in [1.54, 1.807) is 12.1 Å². The number of amides is 1. The maximum Gasteiger partial charge on any atom is 0.339 e. The first-order valence-electron chi connectivity index (χ1n) is 13.1. The summed E-state index contributed by atoms with van der Waals surface area (Å²) in [7, 11) is -4.31. The molecule has 224 valence electrons. The fourth-order valence-corrected chi connectivity index (χ4v) is 5.40. The van der Waals surface area contributed by atoms with Crippen molar-refractivity contribution in [3.63, 3.8) is 0 Å². The van der Waals surface area contributed by atoms with E-state index in [2.05, 4.69) is 26.5 Å². The number of hydrazone groups is 1. The van der Waals surface area contributed by atoms with Crippen LogP contribution in [0.25, 0.3) is 0 Å². The number of carbonyl (C=O) groups is 1. The van der Waals surface area contributed by atoms with Crippen molar-refractivity contribution in [1.82, 2.24) is 5.43 Å². The van der Waals surface area contributed by atoms with Crippen LogP contribution < -0.4 is 9.61 Å². The summed E-state index contributed by atoms with van der Waals surface area (Å²) in [5.41, 5.74) is 4.43. The van der Waals surface area contributed by atoms with Gasteiger partial charge in [0.1, 0.15) is 10.6 Å². The summed E-state index contributed by atoms with van der Waals surface area (Å²) in [4.78, 5) is 22.6. The Balaban J connectivity index is 1.73. The van der Waals surface area contributed by atoms with E-state index in [9.17, 15) is 28.4 Å². The Hall–Kier alpha value is -3.77. The highest BCUT2D eigenvalue weighted by molar-refractivity contribution is 9.10. The molecular weight excluding hydrogens is 626 g/mol. The van der Waals surface area contributed by atoms with E-state index >= 15 is 0 Å². The van der Waals surface area contributed by atoms with Crippen molar-refractivity contribution in [3.05, 3.63) is 91.4 Å². The fraction of sp³-hybridized carbons (Fsp3) is 0.333. The number of hydrogen-bond donors (Lipinski definition) is 2. The Bertz CT molecular complexity index is 1590. The monoisotopic (exact) mass is 659 g/mol. The molecule has 0 fully saturated rings. The molecule has 42 heavy (non-hydrogen) atoms. The second kappa shape index (κ2) is 12.6. The molecule has 0 bridgehead atoms. The highest BCUT2D eigenvalue weighted by Crippen LogP contribution is 2.40. The van der Waals surface area contributed by atoms with E-state index < -0.39 is 15.0 Å². The minimum absolute atomic E-state index is 0.0527. The smallest absolute Gasteiger partial charge is 0.339 e. The molecule has 1 amide bonds. The second-order valence-electron chi connectivity index (χ2n) is 11.8.